The molecular weight excluding hydrogens is 246 g/mol. The second-order valence-electron chi connectivity index (χ2n) is 7.50. The van der Waals surface area contributed by atoms with Crippen molar-refractivity contribution in [1.82, 2.24) is 9.80 Å². The van der Waals surface area contributed by atoms with Gasteiger partial charge >= 0.3 is 0 Å². The van der Waals surface area contributed by atoms with Crippen LogP contribution in [0.15, 0.2) is 0 Å². The van der Waals surface area contributed by atoms with Gasteiger partial charge in [-0.2, -0.15) is 0 Å². The molecule has 0 spiro atoms. The van der Waals surface area contributed by atoms with Gasteiger partial charge in [0.25, 0.3) is 0 Å². The highest BCUT2D eigenvalue weighted by molar-refractivity contribution is 4.96. The van der Waals surface area contributed by atoms with Crippen LogP contribution in [0.2, 0.25) is 0 Å². The van der Waals surface area contributed by atoms with E-state index < -0.39 is 0 Å². The van der Waals surface area contributed by atoms with Crippen LogP contribution in [-0.4, -0.2) is 55.1 Å². The van der Waals surface area contributed by atoms with Gasteiger partial charge in [-0.15, -0.1) is 0 Å². The molecule has 2 rings (SSSR count). The van der Waals surface area contributed by atoms with E-state index in [0.717, 1.165) is 18.4 Å². The van der Waals surface area contributed by atoms with Crippen LogP contribution in [0.5, 0.6) is 0 Å². The summed E-state index contributed by atoms with van der Waals surface area (Å²) in [6.07, 6.45) is 8.14. The van der Waals surface area contributed by atoms with Gasteiger partial charge in [-0.3, -0.25) is 4.90 Å². The van der Waals surface area contributed by atoms with Crippen LogP contribution in [-0.2, 0) is 0 Å². The lowest BCUT2D eigenvalue weighted by Gasteiger charge is -2.48. The largest absolute Gasteiger partial charge is 0.329 e. The monoisotopic (exact) mass is 281 g/mol. The van der Waals surface area contributed by atoms with Gasteiger partial charge in [0, 0.05) is 25.2 Å². The van der Waals surface area contributed by atoms with Crippen LogP contribution in [0.25, 0.3) is 0 Å². The normalized spacial score (nSPS) is 32.4. The highest BCUT2D eigenvalue weighted by Crippen LogP contribution is 2.38. The zero-order valence-corrected chi connectivity index (χ0v) is 13.9. The Morgan fingerprint density at radius 1 is 1.25 bits per heavy atom. The van der Waals surface area contributed by atoms with Crippen LogP contribution >= 0.6 is 0 Å². The Bertz CT molecular complexity index is 286. The molecule has 1 aliphatic heterocycles. The number of hydrogen-bond acceptors (Lipinski definition) is 3. The van der Waals surface area contributed by atoms with Gasteiger partial charge in [0.05, 0.1) is 0 Å². The van der Waals surface area contributed by atoms with E-state index in [1.807, 2.05) is 0 Å². The van der Waals surface area contributed by atoms with Crippen molar-refractivity contribution in [1.29, 1.82) is 0 Å². The maximum absolute atomic E-state index is 6.23. The lowest BCUT2D eigenvalue weighted by Crippen LogP contribution is -2.56. The summed E-state index contributed by atoms with van der Waals surface area (Å²) in [6.45, 7) is 10.6. The molecule has 2 atom stereocenters. The van der Waals surface area contributed by atoms with Crippen LogP contribution in [0.1, 0.15) is 52.4 Å². The van der Waals surface area contributed by atoms with Crippen LogP contribution in [0.4, 0.5) is 0 Å². The number of likely N-dealkylation sites (tertiary alicyclic amines) is 1. The Hall–Kier alpha value is -0.120. The average Bonchev–Trinajstić information content (AvgIpc) is 2.98. The molecule has 0 aromatic carbocycles. The van der Waals surface area contributed by atoms with Crippen molar-refractivity contribution >= 4 is 0 Å². The number of hydrogen-bond donors (Lipinski definition) is 1. The van der Waals surface area contributed by atoms with Crippen molar-refractivity contribution in [2.24, 2.45) is 17.6 Å². The van der Waals surface area contributed by atoms with Gasteiger partial charge in [0.15, 0.2) is 0 Å². The summed E-state index contributed by atoms with van der Waals surface area (Å²) in [5.41, 5.74) is 6.50. The standard InChI is InChI=1S/C17H35N3/c1-15(2)16-7-6-8-17(13-16,14-18)19(3)11-12-20-9-4-5-10-20/h15-16H,4-14,18H2,1-3H3. The Labute approximate surface area is 125 Å². The molecule has 0 aromatic heterocycles. The Morgan fingerprint density at radius 2 is 1.95 bits per heavy atom. The van der Waals surface area contributed by atoms with Crippen molar-refractivity contribution < 1.29 is 0 Å². The van der Waals surface area contributed by atoms with E-state index in [2.05, 4.69) is 30.7 Å². The predicted octanol–water partition coefficient (Wildman–Crippen LogP) is 2.56. The third-order valence-corrected chi connectivity index (χ3v) is 5.94. The second-order valence-corrected chi connectivity index (χ2v) is 7.50. The first-order valence-corrected chi connectivity index (χ1v) is 8.71. The molecule has 2 unspecified atom stereocenters. The van der Waals surface area contributed by atoms with E-state index in [0.29, 0.717) is 0 Å². The molecule has 2 fully saturated rings. The Morgan fingerprint density at radius 3 is 2.55 bits per heavy atom. The molecule has 3 nitrogen and oxygen atoms in total. The minimum absolute atomic E-state index is 0.271. The summed E-state index contributed by atoms with van der Waals surface area (Å²) in [5.74, 6) is 1.66. The van der Waals surface area contributed by atoms with Crippen LogP contribution in [0.3, 0.4) is 0 Å². The minimum Gasteiger partial charge on any atom is -0.329 e. The summed E-state index contributed by atoms with van der Waals surface area (Å²) in [5, 5.41) is 0. The van der Waals surface area contributed by atoms with E-state index in [1.165, 1.54) is 64.7 Å². The maximum Gasteiger partial charge on any atom is 0.0331 e. The molecule has 0 radical (unpaired) electrons. The van der Waals surface area contributed by atoms with E-state index in [1.54, 1.807) is 0 Å². The molecular formula is C17H35N3. The molecule has 1 saturated heterocycles. The van der Waals surface area contributed by atoms with Crippen LogP contribution in [0, 0.1) is 11.8 Å². The molecule has 0 bridgehead atoms. The predicted molar refractivity (Wildman–Crippen MR) is 86.9 cm³/mol. The lowest BCUT2D eigenvalue weighted by atomic mass is 9.71. The van der Waals surface area contributed by atoms with Gasteiger partial charge in [-0.05, 0) is 57.7 Å². The van der Waals surface area contributed by atoms with Gasteiger partial charge in [-0.1, -0.05) is 26.7 Å². The first-order valence-electron chi connectivity index (χ1n) is 8.71. The molecule has 20 heavy (non-hydrogen) atoms. The zero-order valence-electron chi connectivity index (χ0n) is 13.9. The highest BCUT2D eigenvalue weighted by Gasteiger charge is 2.39. The topological polar surface area (TPSA) is 32.5 Å². The fourth-order valence-corrected chi connectivity index (χ4v) is 4.18. The molecule has 1 heterocycles. The molecule has 2 N–H and O–H groups in total. The molecule has 3 heteroatoms. The number of nitrogens with zero attached hydrogens (tertiary/aromatic N) is 2. The van der Waals surface area contributed by atoms with Crippen molar-refractivity contribution in [2.75, 3.05) is 39.8 Å². The van der Waals surface area contributed by atoms with Gasteiger partial charge in [-0.25, -0.2) is 0 Å². The summed E-state index contributed by atoms with van der Waals surface area (Å²) in [4.78, 5) is 5.21. The van der Waals surface area contributed by atoms with E-state index in [4.69, 9.17) is 5.73 Å². The fourth-order valence-electron chi connectivity index (χ4n) is 4.18. The fraction of sp³-hybridized carbons (Fsp3) is 1.00. The Kier molecular flexibility index (Phi) is 5.88. The van der Waals surface area contributed by atoms with Crippen LogP contribution < -0.4 is 5.73 Å². The first kappa shape index (κ1) is 16.3. The smallest absolute Gasteiger partial charge is 0.0331 e. The summed E-state index contributed by atoms with van der Waals surface area (Å²) >= 11 is 0. The zero-order chi connectivity index (χ0) is 14.6. The Balaban J connectivity index is 1.90. The van der Waals surface area contributed by atoms with E-state index >= 15 is 0 Å². The molecule has 1 saturated carbocycles. The van der Waals surface area contributed by atoms with E-state index in [-0.39, 0.29) is 5.54 Å². The molecule has 118 valence electrons. The molecule has 1 aliphatic carbocycles. The van der Waals surface area contributed by atoms with Crippen molar-refractivity contribution in [3.05, 3.63) is 0 Å². The van der Waals surface area contributed by atoms with Gasteiger partial charge in [0.2, 0.25) is 0 Å². The van der Waals surface area contributed by atoms with Crippen molar-refractivity contribution in [3.8, 4) is 0 Å². The number of nitrogens with two attached hydrogens (primary N) is 1. The van der Waals surface area contributed by atoms with Crippen molar-refractivity contribution in [3.63, 3.8) is 0 Å². The van der Waals surface area contributed by atoms with Crippen molar-refractivity contribution in [2.45, 2.75) is 57.9 Å². The van der Waals surface area contributed by atoms with Gasteiger partial charge < -0.3 is 10.6 Å². The minimum atomic E-state index is 0.271. The lowest BCUT2D eigenvalue weighted by molar-refractivity contribution is 0.0398. The summed E-state index contributed by atoms with van der Waals surface area (Å²) in [7, 11) is 2.31. The molecule has 0 aromatic rings. The molecule has 0 amide bonds. The maximum atomic E-state index is 6.23. The summed E-state index contributed by atoms with van der Waals surface area (Å²) < 4.78 is 0. The SMILES string of the molecule is CC(C)C1CCCC(CN)(N(C)CCN2CCCC2)C1. The van der Waals surface area contributed by atoms with E-state index in [9.17, 15) is 0 Å². The third kappa shape index (κ3) is 3.75. The number of rotatable bonds is 6. The first-order chi connectivity index (χ1) is 9.57. The summed E-state index contributed by atoms with van der Waals surface area (Å²) in [6, 6.07) is 0. The third-order valence-electron chi connectivity index (χ3n) is 5.94. The second kappa shape index (κ2) is 7.24. The highest BCUT2D eigenvalue weighted by atomic mass is 15.2. The van der Waals surface area contributed by atoms with Gasteiger partial charge in [0.1, 0.15) is 0 Å². The quantitative estimate of drug-likeness (QED) is 0.812. The number of likely N-dealkylation sites (N-methyl/N-ethyl adjacent to an activating group) is 1. The molecule has 2 aliphatic rings. The average molecular weight is 281 g/mol.